The predicted molar refractivity (Wildman–Crippen MR) is 124 cm³/mol. The van der Waals surface area contributed by atoms with E-state index in [-0.39, 0.29) is 17.7 Å². The summed E-state index contributed by atoms with van der Waals surface area (Å²) in [6, 6.07) is 15.7. The molecule has 10 heteroatoms. The number of rotatable bonds is 8. The number of hydrogen-bond acceptors (Lipinski definition) is 8. The van der Waals surface area contributed by atoms with E-state index in [1.165, 1.54) is 16.6 Å². The van der Waals surface area contributed by atoms with Gasteiger partial charge in [-0.25, -0.2) is 9.48 Å². The molecular formula is C25H25N5O5. The topological polar surface area (TPSA) is 125 Å². The Morgan fingerprint density at radius 1 is 1.06 bits per heavy atom. The minimum Gasteiger partial charge on any atom is -0.497 e. The van der Waals surface area contributed by atoms with Gasteiger partial charge < -0.3 is 19.0 Å². The number of ether oxygens (including phenoxy) is 2. The van der Waals surface area contributed by atoms with E-state index in [0.29, 0.717) is 18.4 Å². The highest BCUT2D eigenvalue weighted by Crippen LogP contribution is 2.35. The second kappa shape index (κ2) is 9.96. The van der Waals surface area contributed by atoms with Crippen LogP contribution in [0, 0.1) is 0 Å². The maximum atomic E-state index is 11.7. The van der Waals surface area contributed by atoms with E-state index in [1.807, 2.05) is 36.4 Å². The first-order valence-electron chi connectivity index (χ1n) is 11.4. The minimum absolute atomic E-state index is 0.102. The number of nitrogens with zero attached hydrogens (tertiary/aromatic N) is 5. The van der Waals surface area contributed by atoms with Gasteiger partial charge in [0.2, 0.25) is 23.9 Å². The van der Waals surface area contributed by atoms with Crippen molar-refractivity contribution < 1.29 is 23.8 Å². The highest BCUT2D eigenvalue weighted by atomic mass is 16.5. The van der Waals surface area contributed by atoms with Crippen molar-refractivity contribution >= 4 is 5.97 Å². The van der Waals surface area contributed by atoms with Crippen LogP contribution in [0.25, 0.3) is 11.5 Å². The summed E-state index contributed by atoms with van der Waals surface area (Å²) in [5.41, 5.74) is 2.91. The average Bonchev–Trinajstić information content (AvgIpc) is 3.56. The van der Waals surface area contributed by atoms with Gasteiger partial charge in [0.05, 0.1) is 13.7 Å². The van der Waals surface area contributed by atoms with E-state index >= 15 is 0 Å². The molecule has 180 valence electrons. The maximum Gasteiger partial charge on any atom is 0.362 e. The molecule has 2 aromatic heterocycles. The van der Waals surface area contributed by atoms with Gasteiger partial charge in [-0.1, -0.05) is 29.5 Å². The molecule has 0 bridgehead atoms. The molecule has 0 unspecified atom stereocenters. The Kier molecular flexibility index (Phi) is 6.42. The molecule has 0 radical (unpaired) electrons. The van der Waals surface area contributed by atoms with Crippen LogP contribution in [0.2, 0.25) is 0 Å². The second-order valence-electron chi connectivity index (χ2n) is 8.51. The lowest BCUT2D eigenvalue weighted by molar-refractivity contribution is 0.0676. The fourth-order valence-corrected chi connectivity index (χ4v) is 4.43. The lowest BCUT2D eigenvalue weighted by atomic mass is 9.82. The van der Waals surface area contributed by atoms with Crippen molar-refractivity contribution in [1.82, 2.24) is 25.2 Å². The molecule has 1 aliphatic carbocycles. The normalized spacial score (nSPS) is 17.7. The average molecular weight is 476 g/mol. The molecule has 35 heavy (non-hydrogen) atoms. The third-order valence-corrected chi connectivity index (χ3v) is 6.33. The van der Waals surface area contributed by atoms with Crippen LogP contribution in [0.4, 0.5) is 0 Å². The van der Waals surface area contributed by atoms with Gasteiger partial charge in [0.25, 0.3) is 0 Å². The van der Waals surface area contributed by atoms with Crippen LogP contribution in [-0.2, 0) is 6.54 Å². The fourth-order valence-electron chi connectivity index (χ4n) is 4.43. The van der Waals surface area contributed by atoms with Gasteiger partial charge in [-0.15, -0.1) is 15.3 Å². The summed E-state index contributed by atoms with van der Waals surface area (Å²) in [5, 5.41) is 25.2. The van der Waals surface area contributed by atoms with Crippen molar-refractivity contribution in [3.63, 3.8) is 0 Å². The van der Waals surface area contributed by atoms with E-state index in [1.54, 1.807) is 7.11 Å². The van der Waals surface area contributed by atoms with Gasteiger partial charge in [0.1, 0.15) is 11.9 Å². The molecule has 2 aromatic carbocycles. The summed E-state index contributed by atoms with van der Waals surface area (Å²) in [4.78, 5) is 11.7. The van der Waals surface area contributed by atoms with Crippen LogP contribution >= 0.6 is 0 Å². The largest absolute Gasteiger partial charge is 0.497 e. The number of carbonyl (C=O) groups is 1. The van der Waals surface area contributed by atoms with Crippen LogP contribution in [0.5, 0.6) is 11.6 Å². The molecular weight excluding hydrogens is 450 g/mol. The standard InChI is InChI=1S/C25H25N5O5/c1-33-20-10-2-16(3-11-20)14-30-24(22(25(31)32)27-29-30)35-21-12-8-18(9-13-21)17-4-6-19(7-5-17)23-28-26-15-34-23/h2-7,10-11,15,18,21H,8-9,12-14H2,1H3,(H,31,32). The molecule has 0 atom stereocenters. The Balaban J connectivity index is 1.24. The van der Waals surface area contributed by atoms with Gasteiger partial charge >= 0.3 is 5.97 Å². The molecule has 0 saturated heterocycles. The number of carboxylic acid groups (broad SMARTS) is 1. The van der Waals surface area contributed by atoms with Crippen molar-refractivity contribution in [2.45, 2.75) is 44.2 Å². The first kappa shape index (κ1) is 22.6. The van der Waals surface area contributed by atoms with Crippen molar-refractivity contribution in [1.29, 1.82) is 0 Å². The summed E-state index contributed by atoms with van der Waals surface area (Å²) in [7, 11) is 1.61. The highest BCUT2D eigenvalue weighted by Gasteiger charge is 2.28. The van der Waals surface area contributed by atoms with E-state index < -0.39 is 5.97 Å². The lowest BCUT2D eigenvalue weighted by Crippen LogP contribution is -2.25. The number of aromatic nitrogens is 5. The quantitative estimate of drug-likeness (QED) is 0.399. The Labute approximate surface area is 201 Å². The second-order valence-corrected chi connectivity index (χ2v) is 8.51. The molecule has 2 heterocycles. The summed E-state index contributed by atoms with van der Waals surface area (Å²) < 4.78 is 18.2. The van der Waals surface area contributed by atoms with Crippen molar-refractivity contribution in [3.05, 3.63) is 71.7 Å². The number of benzene rings is 2. The van der Waals surface area contributed by atoms with Crippen LogP contribution in [-0.4, -0.2) is 49.5 Å². The van der Waals surface area contributed by atoms with E-state index in [4.69, 9.17) is 13.9 Å². The summed E-state index contributed by atoms with van der Waals surface area (Å²) in [5.74, 6) is 0.698. The molecule has 5 rings (SSSR count). The Bertz CT molecular complexity index is 1260. The van der Waals surface area contributed by atoms with Crippen molar-refractivity contribution in [3.8, 4) is 23.1 Å². The molecule has 0 spiro atoms. The molecule has 1 saturated carbocycles. The molecule has 1 N–H and O–H groups in total. The summed E-state index contributed by atoms with van der Waals surface area (Å²) in [6.45, 7) is 0.349. The maximum absolute atomic E-state index is 11.7. The van der Waals surface area contributed by atoms with E-state index in [9.17, 15) is 9.90 Å². The van der Waals surface area contributed by atoms with Crippen LogP contribution in [0.3, 0.4) is 0 Å². The van der Waals surface area contributed by atoms with Gasteiger partial charge in [-0.2, -0.15) is 0 Å². The van der Waals surface area contributed by atoms with Crippen molar-refractivity contribution in [2.75, 3.05) is 7.11 Å². The van der Waals surface area contributed by atoms with E-state index in [0.717, 1.165) is 42.6 Å². The zero-order valence-corrected chi connectivity index (χ0v) is 19.2. The van der Waals surface area contributed by atoms with Crippen LogP contribution < -0.4 is 9.47 Å². The molecule has 1 fully saturated rings. The summed E-state index contributed by atoms with van der Waals surface area (Å²) in [6.07, 6.45) is 4.71. The number of carboxylic acids is 1. The minimum atomic E-state index is -1.16. The zero-order valence-electron chi connectivity index (χ0n) is 19.2. The molecule has 10 nitrogen and oxygen atoms in total. The van der Waals surface area contributed by atoms with Gasteiger partial charge in [0, 0.05) is 5.56 Å². The Morgan fingerprint density at radius 2 is 1.80 bits per heavy atom. The molecule has 1 aliphatic rings. The zero-order chi connectivity index (χ0) is 24.2. The molecule has 0 amide bonds. The smallest absolute Gasteiger partial charge is 0.362 e. The number of hydrogen-bond donors (Lipinski definition) is 1. The van der Waals surface area contributed by atoms with Crippen molar-refractivity contribution in [2.24, 2.45) is 0 Å². The first-order chi connectivity index (χ1) is 17.1. The highest BCUT2D eigenvalue weighted by molar-refractivity contribution is 5.87. The van der Waals surface area contributed by atoms with Gasteiger partial charge in [0.15, 0.2) is 0 Å². The lowest BCUT2D eigenvalue weighted by Gasteiger charge is -2.29. The fraction of sp³-hybridized carbons (Fsp3) is 0.320. The monoisotopic (exact) mass is 475 g/mol. The van der Waals surface area contributed by atoms with E-state index in [2.05, 4.69) is 32.6 Å². The predicted octanol–water partition coefficient (Wildman–Crippen LogP) is 4.19. The first-order valence-corrected chi connectivity index (χ1v) is 11.4. The molecule has 4 aromatic rings. The molecule has 0 aliphatic heterocycles. The van der Waals surface area contributed by atoms with Gasteiger partial charge in [-0.3, -0.25) is 0 Å². The third kappa shape index (κ3) is 5.01. The van der Waals surface area contributed by atoms with Crippen LogP contribution in [0.1, 0.15) is 53.2 Å². The van der Waals surface area contributed by atoms with Gasteiger partial charge in [-0.05, 0) is 67.0 Å². The van der Waals surface area contributed by atoms with Crippen LogP contribution in [0.15, 0.2) is 59.3 Å². The Hall–Kier alpha value is -4.21. The number of methoxy groups -OCH3 is 1. The number of aromatic carboxylic acids is 1. The Morgan fingerprint density at radius 3 is 2.43 bits per heavy atom. The third-order valence-electron chi connectivity index (χ3n) is 6.33. The SMILES string of the molecule is COc1ccc(Cn2nnc(C(=O)O)c2OC2CCC(c3ccc(-c4nnco4)cc3)CC2)cc1. The summed E-state index contributed by atoms with van der Waals surface area (Å²) >= 11 is 0.